The quantitative estimate of drug-likeness (QED) is 0.627. The molecule has 0 saturated heterocycles. The van der Waals surface area contributed by atoms with E-state index in [2.05, 4.69) is 0 Å². The Kier molecular flexibility index (Phi) is 3.62. The summed E-state index contributed by atoms with van der Waals surface area (Å²) in [5, 5.41) is 28.0. The molecule has 1 aromatic rings. The third-order valence-electron chi connectivity index (χ3n) is 1.89. The highest BCUT2D eigenvalue weighted by molar-refractivity contribution is 5.88. The number of carbonyl (C=O) groups is 1. The van der Waals surface area contributed by atoms with E-state index in [9.17, 15) is 14.9 Å². The van der Waals surface area contributed by atoms with Gasteiger partial charge < -0.3 is 9.84 Å². The number of nitro groups is 1. The Balaban J connectivity index is 3.21. The number of carboxylic acids is 1. The molecule has 7 nitrogen and oxygen atoms in total. The maximum Gasteiger partial charge on any atom is 0.335 e. The zero-order chi connectivity index (χ0) is 13.0. The number of benzene rings is 1. The molecule has 0 aliphatic rings. The molecule has 0 aliphatic heterocycles. The molecule has 7 heteroatoms. The van der Waals surface area contributed by atoms with Crippen LogP contribution in [-0.2, 0) is 0 Å². The van der Waals surface area contributed by atoms with E-state index in [0.29, 0.717) is 0 Å². The van der Waals surface area contributed by atoms with Crippen LogP contribution in [0.3, 0.4) is 0 Å². The molecule has 1 rings (SSSR count). The zero-order valence-electron chi connectivity index (χ0n) is 8.78. The van der Waals surface area contributed by atoms with Gasteiger partial charge in [-0.1, -0.05) is 0 Å². The van der Waals surface area contributed by atoms with Gasteiger partial charge >= 0.3 is 11.7 Å². The standard InChI is InChI=1S/C10H8N2O5/c1-6(5-11)17-9-4-7(10(13)14)2-3-8(9)12(15)16/h2-4,6H,1H3,(H,13,14). The van der Waals surface area contributed by atoms with Gasteiger partial charge in [0.1, 0.15) is 6.07 Å². The van der Waals surface area contributed by atoms with Crippen molar-refractivity contribution < 1.29 is 19.6 Å². The zero-order valence-corrected chi connectivity index (χ0v) is 8.78. The number of nitro benzene ring substituents is 1. The largest absolute Gasteiger partial charge is 0.478 e. The molecular formula is C10H8N2O5. The van der Waals surface area contributed by atoms with Crippen molar-refractivity contribution in [3.05, 3.63) is 33.9 Å². The lowest BCUT2D eigenvalue weighted by Crippen LogP contribution is -2.10. The van der Waals surface area contributed by atoms with Crippen LogP contribution < -0.4 is 4.74 Å². The maximum atomic E-state index is 10.7. The molecule has 0 aromatic heterocycles. The third kappa shape index (κ3) is 2.92. The van der Waals surface area contributed by atoms with E-state index in [1.54, 1.807) is 6.07 Å². The monoisotopic (exact) mass is 236 g/mol. The van der Waals surface area contributed by atoms with E-state index in [4.69, 9.17) is 15.1 Å². The number of ether oxygens (including phenoxy) is 1. The molecule has 0 fully saturated rings. The molecule has 0 bridgehead atoms. The van der Waals surface area contributed by atoms with Gasteiger partial charge in [-0.15, -0.1) is 0 Å². The minimum absolute atomic E-state index is 0.143. The van der Waals surface area contributed by atoms with Crippen LogP contribution >= 0.6 is 0 Å². The van der Waals surface area contributed by atoms with Gasteiger partial charge in [0.2, 0.25) is 0 Å². The number of carboxylic acid groups (broad SMARTS) is 1. The number of aromatic carboxylic acids is 1. The van der Waals surface area contributed by atoms with E-state index in [1.807, 2.05) is 0 Å². The van der Waals surface area contributed by atoms with Crippen molar-refractivity contribution in [2.24, 2.45) is 0 Å². The summed E-state index contributed by atoms with van der Waals surface area (Å²) in [6, 6.07) is 4.89. The van der Waals surface area contributed by atoms with Gasteiger partial charge in [0.05, 0.1) is 10.5 Å². The van der Waals surface area contributed by atoms with E-state index in [-0.39, 0.29) is 17.0 Å². The second-order valence-electron chi connectivity index (χ2n) is 3.13. The van der Waals surface area contributed by atoms with Gasteiger partial charge in [-0.3, -0.25) is 10.1 Å². The van der Waals surface area contributed by atoms with Crippen LogP contribution in [0, 0.1) is 21.4 Å². The highest BCUT2D eigenvalue weighted by Gasteiger charge is 2.19. The molecule has 0 spiro atoms. The fourth-order valence-electron chi connectivity index (χ4n) is 1.11. The molecule has 0 radical (unpaired) electrons. The first-order valence-corrected chi connectivity index (χ1v) is 4.53. The summed E-state index contributed by atoms with van der Waals surface area (Å²) in [6.07, 6.45) is -0.905. The van der Waals surface area contributed by atoms with Gasteiger partial charge in [0, 0.05) is 12.1 Å². The summed E-state index contributed by atoms with van der Waals surface area (Å²) in [5.74, 6) is -1.46. The van der Waals surface area contributed by atoms with E-state index >= 15 is 0 Å². The van der Waals surface area contributed by atoms with Gasteiger partial charge in [-0.05, 0) is 13.0 Å². The van der Waals surface area contributed by atoms with E-state index in [0.717, 1.165) is 18.2 Å². The molecule has 88 valence electrons. The lowest BCUT2D eigenvalue weighted by molar-refractivity contribution is -0.386. The average molecular weight is 236 g/mol. The highest BCUT2D eigenvalue weighted by Crippen LogP contribution is 2.28. The van der Waals surface area contributed by atoms with Crippen LogP contribution in [0.25, 0.3) is 0 Å². The normalized spacial score (nSPS) is 11.3. The molecule has 0 heterocycles. The predicted molar refractivity (Wildman–Crippen MR) is 55.8 cm³/mol. The van der Waals surface area contributed by atoms with Gasteiger partial charge in [0.25, 0.3) is 0 Å². The second kappa shape index (κ2) is 4.94. The van der Waals surface area contributed by atoms with Crippen molar-refractivity contribution in [2.45, 2.75) is 13.0 Å². The van der Waals surface area contributed by atoms with Gasteiger partial charge in [-0.2, -0.15) is 5.26 Å². The Labute approximate surface area is 96.0 Å². The van der Waals surface area contributed by atoms with Crippen molar-refractivity contribution in [1.29, 1.82) is 5.26 Å². The molecule has 1 aromatic carbocycles. The topological polar surface area (TPSA) is 113 Å². The van der Waals surface area contributed by atoms with Crippen LogP contribution in [0.2, 0.25) is 0 Å². The maximum absolute atomic E-state index is 10.7. The molecule has 1 unspecified atom stereocenters. The second-order valence-corrected chi connectivity index (χ2v) is 3.13. The first-order chi connectivity index (χ1) is 7.95. The smallest absolute Gasteiger partial charge is 0.335 e. The number of hydrogen-bond donors (Lipinski definition) is 1. The first kappa shape index (κ1) is 12.4. The average Bonchev–Trinajstić information content (AvgIpc) is 2.28. The Hall–Kier alpha value is -2.62. The van der Waals surface area contributed by atoms with Crippen LogP contribution in [-0.4, -0.2) is 22.1 Å². The number of hydrogen-bond acceptors (Lipinski definition) is 5. The van der Waals surface area contributed by atoms with Crippen molar-refractivity contribution in [1.82, 2.24) is 0 Å². The summed E-state index contributed by atoms with van der Waals surface area (Å²) >= 11 is 0. The first-order valence-electron chi connectivity index (χ1n) is 4.53. The number of nitriles is 1. The van der Waals surface area contributed by atoms with Crippen LogP contribution in [0.15, 0.2) is 18.2 Å². The summed E-state index contributed by atoms with van der Waals surface area (Å²) in [4.78, 5) is 20.7. The van der Waals surface area contributed by atoms with E-state index < -0.39 is 17.0 Å². The molecule has 0 saturated carbocycles. The molecule has 17 heavy (non-hydrogen) atoms. The summed E-state index contributed by atoms with van der Waals surface area (Å²) in [5.41, 5.74) is -0.521. The fraction of sp³-hybridized carbons (Fsp3) is 0.200. The molecule has 0 aliphatic carbocycles. The Morgan fingerprint density at radius 3 is 2.76 bits per heavy atom. The SMILES string of the molecule is CC(C#N)Oc1cc(C(=O)O)ccc1[N+](=O)[O-]. The summed E-state index contributed by atoms with van der Waals surface area (Å²) in [6.45, 7) is 1.40. The summed E-state index contributed by atoms with van der Waals surface area (Å²) in [7, 11) is 0. The minimum atomic E-state index is -1.23. The summed E-state index contributed by atoms with van der Waals surface area (Å²) < 4.78 is 4.98. The van der Waals surface area contributed by atoms with Crippen LogP contribution in [0.1, 0.15) is 17.3 Å². The van der Waals surface area contributed by atoms with Crippen molar-refractivity contribution in [2.75, 3.05) is 0 Å². The van der Waals surface area contributed by atoms with Crippen LogP contribution in [0.4, 0.5) is 5.69 Å². The Bertz CT molecular complexity index is 506. The minimum Gasteiger partial charge on any atom is -0.478 e. The number of nitrogens with zero attached hydrogens (tertiary/aromatic N) is 2. The van der Waals surface area contributed by atoms with Crippen molar-refractivity contribution in [3.8, 4) is 11.8 Å². The lowest BCUT2D eigenvalue weighted by Gasteiger charge is -2.08. The van der Waals surface area contributed by atoms with E-state index in [1.165, 1.54) is 6.92 Å². The number of rotatable bonds is 4. The Morgan fingerprint density at radius 2 is 2.29 bits per heavy atom. The lowest BCUT2D eigenvalue weighted by atomic mass is 10.2. The van der Waals surface area contributed by atoms with Crippen molar-refractivity contribution >= 4 is 11.7 Å². The van der Waals surface area contributed by atoms with Gasteiger partial charge in [0.15, 0.2) is 11.9 Å². The molecule has 1 atom stereocenters. The molecule has 1 N–H and O–H groups in total. The fourth-order valence-corrected chi connectivity index (χ4v) is 1.11. The van der Waals surface area contributed by atoms with Crippen molar-refractivity contribution in [3.63, 3.8) is 0 Å². The molecular weight excluding hydrogens is 228 g/mol. The van der Waals surface area contributed by atoms with Crippen LogP contribution in [0.5, 0.6) is 5.75 Å². The Morgan fingerprint density at radius 1 is 1.65 bits per heavy atom. The third-order valence-corrected chi connectivity index (χ3v) is 1.89. The predicted octanol–water partition coefficient (Wildman–Crippen LogP) is 1.58. The molecule has 0 amide bonds. The van der Waals surface area contributed by atoms with Gasteiger partial charge in [-0.25, -0.2) is 4.79 Å². The highest BCUT2D eigenvalue weighted by atomic mass is 16.6.